The maximum absolute atomic E-state index is 11.6. The van der Waals surface area contributed by atoms with Gasteiger partial charge < -0.3 is 15.4 Å². The number of carbonyl (C=O) groups excluding carboxylic acids is 1. The zero-order valence-corrected chi connectivity index (χ0v) is 13.3. The van der Waals surface area contributed by atoms with Crippen LogP contribution in [0.5, 0.6) is 0 Å². The van der Waals surface area contributed by atoms with E-state index in [0.29, 0.717) is 6.54 Å². The number of amides is 1. The lowest BCUT2D eigenvalue weighted by Crippen LogP contribution is -2.24. The summed E-state index contributed by atoms with van der Waals surface area (Å²) < 4.78 is 5.14. The smallest absolute Gasteiger partial charge is 0.407 e. The average molecular weight is 310 g/mol. The molecule has 23 heavy (non-hydrogen) atoms. The van der Waals surface area contributed by atoms with E-state index in [1.54, 1.807) is 0 Å². The molecule has 4 heteroatoms. The minimum absolute atomic E-state index is 0.280. The summed E-state index contributed by atoms with van der Waals surface area (Å²) in [5.41, 5.74) is 3.31. The van der Waals surface area contributed by atoms with E-state index < -0.39 is 6.09 Å². The summed E-state index contributed by atoms with van der Waals surface area (Å²) in [6.45, 7) is 1.55. The Kier molecular flexibility index (Phi) is 6.88. The molecule has 0 aliphatic rings. The molecule has 0 unspecified atom stereocenters. The summed E-state index contributed by atoms with van der Waals surface area (Å²) in [6.07, 6.45) is 3.47. The Balaban J connectivity index is 1.71. The Morgan fingerprint density at radius 3 is 2.65 bits per heavy atom. The topological polar surface area (TPSA) is 50.4 Å². The van der Waals surface area contributed by atoms with Crippen LogP contribution in [0.25, 0.3) is 6.08 Å². The maximum atomic E-state index is 11.6. The second-order valence-corrected chi connectivity index (χ2v) is 5.12. The van der Waals surface area contributed by atoms with E-state index in [4.69, 9.17) is 4.74 Å². The molecule has 0 heterocycles. The molecule has 0 saturated heterocycles. The molecule has 0 saturated carbocycles. The number of ether oxygens (including phenoxy) is 1. The Morgan fingerprint density at radius 2 is 1.87 bits per heavy atom. The van der Waals surface area contributed by atoms with Gasteiger partial charge >= 0.3 is 6.09 Å². The predicted molar refractivity (Wildman–Crippen MR) is 92.9 cm³/mol. The highest BCUT2D eigenvalue weighted by atomic mass is 16.5. The maximum Gasteiger partial charge on any atom is 0.407 e. The monoisotopic (exact) mass is 310 g/mol. The van der Waals surface area contributed by atoms with Crippen LogP contribution in [-0.4, -0.2) is 19.7 Å². The Bertz CT molecular complexity index is 639. The SMILES string of the molecule is CNCc1cccc(C=CCNC(=O)OCc2ccccc2)c1. The third-order valence-corrected chi connectivity index (χ3v) is 3.22. The molecule has 0 spiro atoms. The van der Waals surface area contributed by atoms with Crippen LogP contribution in [0.1, 0.15) is 16.7 Å². The van der Waals surface area contributed by atoms with Crippen LogP contribution in [0.15, 0.2) is 60.7 Å². The number of hydrogen-bond acceptors (Lipinski definition) is 3. The van der Waals surface area contributed by atoms with Gasteiger partial charge in [-0.15, -0.1) is 0 Å². The summed E-state index contributed by atoms with van der Waals surface area (Å²) in [7, 11) is 1.92. The van der Waals surface area contributed by atoms with E-state index in [1.165, 1.54) is 5.56 Å². The van der Waals surface area contributed by atoms with Crippen molar-refractivity contribution in [1.82, 2.24) is 10.6 Å². The van der Waals surface area contributed by atoms with Gasteiger partial charge in [0.15, 0.2) is 0 Å². The number of nitrogens with one attached hydrogen (secondary N) is 2. The highest BCUT2D eigenvalue weighted by Crippen LogP contribution is 2.06. The van der Waals surface area contributed by atoms with E-state index in [0.717, 1.165) is 17.7 Å². The summed E-state index contributed by atoms with van der Waals surface area (Å²) in [5, 5.41) is 5.83. The van der Waals surface area contributed by atoms with E-state index in [-0.39, 0.29) is 6.61 Å². The van der Waals surface area contributed by atoms with E-state index >= 15 is 0 Å². The molecule has 2 rings (SSSR count). The van der Waals surface area contributed by atoms with Gasteiger partial charge in [0.1, 0.15) is 6.61 Å². The molecular formula is C19H22N2O2. The molecule has 0 atom stereocenters. The average Bonchev–Trinajstić information content (AvgIpc) is 2.58. The minimum atomic E-state index is -0.414. The van der Waals surface area contributed by atoms with E-state index in [2.05, 4.69) is 22.8 Å². The van der Waals surface area contributed by atoms with Crippen molar-refractivity contribution in [3.63, 3.8) is 0 Å². The van der Waals surface area contributed by atoms with Crippen molar-refractivity contribution in [2.75, 3.05) is 13.6 Å². The second kappa shape index (κ2) is 9.43. The fourth-order valence-corrected chi connectivity index (χ4v) is 2.12. The van der Waals surface area contributed by atoms with Crippen molar-refractivity contribution >= 4 is 12.2 Å². The fourth-order valence-electron chi connectivity index (χ4n) is 2.12. The normalized spacial score (nSPS) is 10.7. The quantitative estimate of drug-likeness (QED) is 0.824. The molecule has 0 fully saturated rings. The second-order valence-electron chi connectivity index (χ2n) is 5.12. The van der Waals surface area contributed by atoms with Crippen molar-refractivity contribution in [3.8, 4) is 0 Å². The molecule has 1 amide bonds. The molecule has 0 aliphatic heterocycles. The lowest BCUT2D eigenvalue weighted by atomic mass is 10.1. The van der Waals surface area contributed by atoms with Gasteiger partial charge in [-0.25, -0.2) is 4.79 Å². The Labute approximate surface area is 137 Å². The van der Waals surface area contributed by atoms with Crippen LogP contribution >= 0.6 is 0 Å². The van der Waals surface area contributed by atoms with Gasteiger partial charge in [-0.1, -0.05) is 66.7 Å². The number of hydrogen-bond donors (Lipinski definition) is 2. The van der Waals surface area contributed by atoms with Gasteiger partial charge in [-0.05, 0) is 23.7 Å². The van der Waals surface area contributed by atoms with Crippen LogP contribution in [0.4, 0.5) is 4.79 Å². The first-order valence-corrected chi connectivity index (χ1v) is 7.62. The van der Waals surface area contributed by atoms with Crippen LogP contribution in [0.2, 0.25) is 0 Å². The van der Waals surface area contributed by atoms with Crippen molar-refractivity contribution in [1.29, 1.82) is 0 Å². The molecule has 120 valence electrons. The third-order valence-electron chi connectivity index (χ3n) is 3.22. The zero-order chi connectivity index (χ0) is 16.3. The van der Waals surface area contributed by atoms with Gasteiger partial charge in [-0.2, -0.15) is 0 Å². The number of benzene rings is 2. The molecule has 0 radical (unpaired) electrons. The molecule has 4 nitrogen and oxygen atoms in total. The first-order chi connectivity index (χ1) is 11.3. The highest BCUT2D eigenvalue weighted by Gasteiger charge is 2.00. The first kappa shape index (κ1) is 16.8. The van der Waals surface area contributed by atoms with E-state index in [1.807, 2.05) is 61.7 Å². The molecular weight excluding hydrogens is 288 g/mol. The largest absolute Gasteiger partial charge is 0.445 e. The molecule has 2 aromatic rings. The van der Waals surface area contributed by atoms with Crippen molar-refractivity contribution in [3.05, 3.63) is 77.4 Å². The summed E-state index contributed by atoms with van der Waals surface area (Å²) in [5.74, 6) is 0. The summed E-state index contributed by atoms with van der Waals surface area (Å²) in [6, 6.07) is 17.9. The summed E-state index contributed by atoms with van der Waals surface area (Å²) >= 11 is 0. The molecule has 0 aliphatic carbocycles. The molecule has 2 N–H and O–H groups in total. The first-order valence-electron chi connectivity index (χ1n) is 7.62. The van der Waals surface area contributed by atoms with Gasteiger partial charge in [0, 0.05) is 13.1 Å². The van der Waals surface area contributed by atoms with Gasteiger partial charge in [-0.3, -0.25) is 0 Å². The number of rotatable bonds is 7. The van der Waals surface area contributed by atoms with E-state index in [9.17, 15) is 4.79 Å². The molecule has 2 aromatic carbocycles. The van der Waals surface area contributed by atoms with Crippen molar-refractivity contribution in [2.45, 2.75) is 13.2 Å². The minimum Gasteiger partial charge on any atom is -0.445 e. The Morgan fingerprint density at radius 1 is 1.09 bits per heavy atom. The fraction of sp³-hybridized carbons (Fsp3) is 0.211. The van der Waals surface area contributed by atoms with Crippen molar-refractivity contribution in [2.24, 2.45) is 0 Å². The van der Waals surface area contributed by atoms with Gasteiger partial charge in [0.25, 0.3) is 0 Å². The highest BCUT2D eigenvalue weighted by molar-refractivity contribution is 5.67. The number of alkyl carbamates (subject to hydrolysis) is 1. The Hall–Kier alpha value is -2.59. The lowest BCUT2D eigenvalue weighted by Gasteiger charge is -2.05. The number of carbonyl (C=O) groups is 1. The van der Waals surface area contributed by atoms with Crippen LogP contribution in [-0.2, 0) is 17.9 Å². The molecule has 0 aromatic heterocycles. The van der Waals surface area contributed by atoms with Crippen LogP contribution in [0.3, 0.4) is 0 Å². The summed E-state index contributed by atoms with van der Waals surface area (Å²) in [4.78, 5) is 11.6. The standard InChI is InChI=1S/C19H22N2O2/c1-20-14-18-10-5-9-16(13-18)11-6-12-21-19(22)23-15-17-7-3-2-4-8-17/h2-11,13,20H,12,14-15H2,1H3,(H,21,22). The lowest BCUT2D eigenvalue weighted by molar-refractivity contribution is 0.141. The van der Waals surface area contributed by atoms with Gasteiger partial charge in [0.05, 0.1) is 0 Å². The predicted octanol–water partition coefficient (Wildman–Crippen LogP) is 3.35. The van der Waals surface area contributed by atoms with Gasteiger partial charge in [0.2, 0.25) is 0 Å². The third kappa shape index (κ3) is 6.36. The molecule has 0 bridgehead atoms. The van der Waals surface area contributed by atoms with Crippen LogP contribution in [0, 0.1) is 0 Å². The van der Waals surface area contributed by atoms with Crippen molar-refractivity contribution < 1.29 is 9.53 Å². The zero-order valence-electron chi connectivity index (χ0n) is 13.3. The van der Waals surface area contributed by atoms with Crippen LogP contribution < -0.4 is 10.6 Å².